The minimum absolute atomic E-state index is 0.141. The molecule has 9 heteroatoms. The summed E-state index contributed by atoms with van der Waals surface area (Å²) in [7, 11) is 0. The van der Waals surface area contributed by atoms with Crippen LogP contribution in [0.3, 0.4) is 0 Å². The van der Waals surface area contributed by atoms with Crippen molar-refractivity contribution in [2.45, 2.75) is 32.6 Å². The standard InChI is InChI=1S/C27H30N4O4S/c1-2-19-4-9-22-23(18-19)36-27(28-22)30(13-3-12-29-14-16-35-17-15-29)26(34)20-5-7-21(8-6-20)31-24(32)10-11-25(31)33/h4-9,18H,2-3,10-17H2,1H3. The lowest BCUT2D eigenvalue weighted by Gasteiger charge is -2.27. The number of fused-ring (bicyclic) bond motifs is 1. The first kappa shape index (κ1) is 24.5. The summed E-state index contributed by atoms with van der Waals surface area (Å²) in [6, 6.07) is 13.0. The van der Waals surface area contributed by atoms with Crippen molar-refractivity contribution in [3.8, 4) is 0 Å². The number of amides is 3. The van der Waals surface area contributed by atoms with E-state index < -0.39 is 0 Å². The quantitative estimate of drug-likeness (QED) is 0.431. The van der Waals surface area contributed by atoms with E-state index >= 15 is 0 Å². The Kier molecular flexibility index (Phi) is 7.41. The second-order valence-corrected chi connectivity index (χ2v) is 10.1. The molecule has 0 spiro atoms. The third-order valence-electron chi connectivity index (χ3n) is 6.71. The van der Waals surface area contributed by atoms with Crippen LogP contribution in [0.1, 0.15) is 42.1 Å². The molecule has 0 aliphatic carbocycles. The zero-order chi connectivity index (χ0) is 25.1. The Balaban J connectivity index is 1.38. The van der Waals surface area contributed by atoms with Crippen molar-refractivity contribution in [1.82, 2.24) is 9.88 Å². The Labute approximate surface area is 214 Å². The van der Waals surface area contributed by atoms with Crippen LogP contribution in [-0.4, -0.2) is 67.0 Å². The number of anilines is 2. The van der Waals surface area contributed by atoms with Gasteiger partial charge in [0.1, 0.15) is 0 Å². The van der Waals surface area contributed by atoms with Gasteiger partial charge < -0.3 is 4.74 Å². The molecule has 0 saturated carbocycles. The van der Waals surface area contributed by atoms with Crippen molar-refractivity contribution in [3.63, 3.8) is 0 Å². The summed E-state index contributed by atoms with van der Waals surface area (Å²) in [4.78, 5) is 48.0. The van der Waals surface area contributed by atoms with Crippen LogP contribution < -0.4 is 9.80 Å². The SMILES string of the molecule is CCc1ccc2nc(N(CCCN3CCOCC3)C(=O)c3ccc(N4C(=O)CCC4=O)cc3)sc2c1. The van der Waals surface area contributed by atoms with Crippen molar-refractivity contribution >= 4 is 50.1 Å². The molecular weight excluding hydrogens is 476 g/mol. The van der Waals surface area contributed by atoms with E-state index in [1.165, 1.54) is 21.8 Å². The number of benzene rings is 2. The lowest BCUT2D eigenvalue weighted by atomic mass is 10.1. The Hall–Kier alpha value is -3.14. The molecule has 3 amide bonds. The van der Waals surface area contributed by atoms with Crippen LogP contribution in [0, 0.1) is 0 Å². The fourth-order valence-electron chi connectivity index (χ4n) is 4.63. The highest BCUT2D eigenvalue weighted by Gasteiger charge is 2.30. The molecule has 8 nitrogen and oxygen atoms in total. The van der Waals surface area contributed by atoms with Gasteiger partial charge in [0.15, 0.2) is 5.13 Å². The molecule has 2 aliphatic heterocycles. The average Bonchev–Trinajstić information content (AvgIpc) is 3.48. The minimum atomic E-state index is -0.204. The monoisotopic (exact) mass is 506 g/mol. The van der Waals surface area contributed by atoms with Gasteiger partial charge in [0.25, 0.3) is 5.91 Å². The van der Waals surface area contributed by atoms with Gasteiger partial charge in [-0.05, 0) is 54.8 Å². The predicted octanol–water partition coefficient (Wildman–Crippen LogP) is 3.88. The summed E-state index contributed by atoms with van der Waals surface area (Å²) in [6.45, 7) is 6.85. The topological polar surface area (TPSA) is 83.1 Å². The van der Waals surface area contributed by atoms with E-state index in [9.17, 15) is 14.4 Å². The fourth-order valence-corrected chi connectivity index (χ4v) is 5.68. The van der Waals surface area contributed by atoms with Crippen molar-refractivity contribution in [3.05, 3.63) is 53.6 Å². The Morgan fingerprint density at radius 1 is 1.06 bits per heavy atom. The number of thiazole rings is 1. The maximum atomic E-state index is 13.7. The van der Waals surface area contributed by atoms with Crippen molar-refractivity contribution < 1.29 is 19.1 Å². The Bertz CT molecular complexity index is 1250. The van der Waals surface area contributed by atoms with Gasteiger partial charge in [-0.25, -0.2) is 4.98 Å². The number of aromatic nitrogens is 1. The number of carbonyl (C=O) groups is 3. The van der Waals surface area contributed by atoms with Crippen LogP contribution >= 0.6 is 11.3 Å². The highest BCUT2D eigenvalue weighted by Crippen LogP contribution is 2.31. The maximum absolute atomic E-state index is 13.7. The number of hydrogen-bond acceptors (Lipinski definition) is 7. The molecule has 2 aliphatic rings. The molecule has 2 saturated heterocycles. The summed E-state index contributed by atoms with van der Waals surface area (Å²) in [5, 5.41) is 0.680. The molecule has 0 N–H and O–H groups in total. The van der Waals surface area contributed by atoms with Gasteiger partial charge in [-0.2, -0.15) is 0 Å². The van der Waals surface area contributed by atoms with Crippen LogP contribution in [0.5, 0.6) is 0 Å². The Morgan fingerprint density at radius 3 is 2.47 bits per heavy atom. The molecule has 5 rings (SSSR count). The van der Waals surface area contributed by atoms with E-state index in [1.54, 1.807) is 29.2 Å². The molecule has 3 heterocycles. The van der Waals surface area contributed by atoms with E-state index in [2.05, 4.69) is 24.0 Å². The first-order valence-corrected chi connectivity index (χ1v) is 13.3. The second kappa shape index (κ2) is 10.9. The number of aryl methyl sites for hydroxylation is 1. The van der Waals surface area contributed by atoms with E-state index in [0.29, 0.717) is 22.9 Å². The summed E-state index contributed by atoms with van der Waals surface area (Å²) < 4.78 is 6.51. The molecule has 2 fully saturated rings. The van der Waals surface area contributed by atoms with Gasteiger partial charge in [0.2, 0.25) is 11.8 Å². The van der Waals surface area contributed by atoms with Gasteiger partial charge in [0, 0.05) is 44.6 Å². The molecule has 0 radical (unpaired) electrons. The first-order chi connectivity index (χ1) is 17.5. The number of hydrogen-bond donors (Lipinski definition) is 0. The van der Waals surface area contributed by atoms with Gasteiger partial charge in [-0.1, -0.05) is 24.3 Å². The highest BCUT2D eigenvalue weighted by molar-refractivity contribution is 7.22. The molecular formula is C27H30N4O4S. The summed E-state index contributed by atoms with van der Waals surface area (Å²) in [6.07, 6.45) is 2.22. The van der Waals surface area contributed by atoms with Crippen LogP contribution in [0.4, 0.5) is 10.8 Å². The third kappa shape index (κ3) is 5.18. The van der Waals surface area contributed by atoms with Crippen LogP contribution in [0.15, 0.2) is 42.5 Å². The zero-order valence-electron chi connectivity index (χ0n) is 20.4. The lowest BCUT2D eigenvalue weighted by Crippen LogP contribution is -2.39. The normalized spacial score (nSPS) is 16.8. The van der Waals surface area contributed by atoms with Gasteiger partial charge in [-0.15, -0.1) is 0 Å². The number of nitrogens with zero attached hydrogens (tertiary/aromatic N) is 4. The largest absolute Gasteiger partial charge is 0.379 e. The molecule has 3 aromatic rings. The average molecular weight is 507 g/mol. The number of ether oxygens (including phenoxy) is 1. The molecule has 36 heavy (non-hydrogen) atoms. The van der Waals surface area contributed by atoms with Crippen LogP contribution in [0.2, 0.25) is 0 Å². The van der Waals surface area contributed by atoms with E-state index in [0.717, 1.165) is 55.9 Å². The van der Waals surface area contributed by atoms with Crippen molar-refractivity contribution in [2.24, 2.45) is 0 Å². The van der Waals surface area contributed by atoms with E-state index in [1.807, 2.05) is 6.07 Å². The Morgan fingerprint density at radius 2 is 1.78 bits per heavy atom. The smallest absolute Gasteiger partial charge is 0.260 e. The zero-order valence-corrected chi connectivity index (χ0v) is 21.3. The molecule has 188 valence electrons. The van der Waals surface area contributed by atoms with Crippen molar-refractivity contribution in [2.75, 3.05) is 49.2 Å². The predicted molar refractivity (Wildman–Crippen MR) is 141 cm³/mol. The third-order valence-corrected chi connectivity index (χ3v) is 7.75. The van der Waals surface area contributed by atoms with Gasteiger partial charge in [-0.3, -0.25) is 29.1 Å². The van der Waals surface area contributed by atoms with Crippen LogP contribution in [-0.2, 0) is 20.7 Å². The molecule has 1 aromatic heterocycles. The minimum Gasteiger partial charge on any atom is -0.379 e. The molecule has 2 aromatic carbocycles. The summed E-state index contributed by atoms with van der Waals surface area (Å²) >= 11 is 1.53. The number of rotatable bonds is 8. The summed E-state index contributed by atoms with van der Waals surface area (Å²) in [5.41, 5.74) is 3.13. The number of carbonyl (C=O) groups excluding carboxylic acids is 3. The lowest BCUT2D eigenvalue weighted by molar-refractivity contribution is -0.121. The van der Waals surface area contributed by atoms with Gasteiger partial charge >= 0.3 is 0 Å². The highest BCUT2D eigenvalue weighted by atomic mass is 32.1. The van der Waals surface area contributed by atoms with E-state index in [-0.39, 0.29) is 30.6 Å². The van der Waals surface area contributed by atoms with Gasteiger partial charge in [0.05, 0.1) is 29.1 Å². The van der Waals surface area contributed by atoms with E-state index in [4.69, 9.17) is 9.72 Å². The van der Waals surface area contributed by atoms with Crippen molar-refractivity contribution in [1.29, 1.82) is 0 Å². The first-order valence-electron chi connectivity index (χ1n) is 12.5. The fraction of sp³-hybridized carbons (Fsp3) is 0.407. The molecule has 0 unspecified atom stereocenters. The second-order valence-electron chi connectivity index (χ2n) is 9.09. The molecule has 0 atom stereocenters. The summed E-state index contributed by atoms with van der Waals surface area (Å²) in [5.74, 6) is -0.549. The maximum Gasteiger partial charge on any atom is 0.260 e. The number of imide groups is 1. The molecule has 0 bridgehead atoms. The van der Waals surface area contributed by atoms with Crippen LogP contribution in [0.25, 0.3) is 10.2 Å². The number of morpholine rings is 1.